The lowest BCUT2D eigenvalue weighted by Gasteiger charge is -2.34. The third-order valence-electron chi connectivity index (χ3n) is 4.95. The van der Waals surface area contributed by atoms with Crippen molar-refractivity contribution in [3.8, 4) is 0 Å². The monoisotopic (exact) mass is 363 g/mol. The van der Waals surface area contributed by atoms with E-state index in [-0.39, 0.29) is 5.56 Å². The van der Waals surface area contributed by atoms with Crippen LogP contribution in [0.4, 0.5) is 13.2 Å². The number of carboxylic acid groups (broad SMARTS) is 1. The smallest absolute Gasteiger partial charge is 0.416 e. The van der Waals surface area contributed by atoms with Crippen molar-refractivity contribution in [3.63, 3.8) is 0 Å². The lowest BCUT2D eigenvalue weighted by atomic mass is 9.90. The zero-order chi connectivity index (χ0) is 18.9. The van der Waals surface area contributed by atoms with Crippen molar-refractivity contribution in [2.75, 3.05) is 6.54 Å². The van der Waals surface area contributed by atoms with E-state index >= 15 is 0 Å². The molecule has 3 nitrogen and oxygen atoms in total. The lowest BCUT2D eigenvalue weighted by molar-refractivity contribution is -0.143. The van der Waals surface area contributed by atoms with Gasteiger partial charge in [-0.3, -0.25) is 9.69 Å². The number of aliphatic carboxylic acids is 1. The summed E-state index contributed by atoms with van der Waals surface area (Å²) in [6.45, 7) is 2.28. The zero-order valence-corrected chi connectivity index (χ0v) is 14.3. The number of aryl methyl sites for hydroxylation is 1. The van der Waals surface area contributed by atoms with Gasteiger partial charge in [-0.1, -0.05) is 42.5 Å². The topological polar surface area (TPSA) is 40.5 Å². The Balaban J connectivity index is 2.20. The maximum absolute atomic E-state index is 13.6. The molecule has 0 aliphatic carbocycles. The van der Waals surface area contributed by atoms with Crippen LogP contribution in [-0.4, -0.2) is 28.6 Å². The van der Waals surface area contributed by atoms with Crippen molar-refractivity contribution in [2.24, 2.45) is 0 Å². The van der Waals surface area contributed by atoms with E-state index in [2.05, 4.69) is 0 Å². The molecule has 2 aromatic rings. The van der Waals surface area contributed by atoms with E-state index in [4.69, 9.17) is 0 Å². The van der Waals surface area contributed by atoms with Gasteiger partial charge in [0.05, 0.1) is 11.6 Å². The highest BCUT2D eigenvalue weighted by molar-refractivity contribution is 5.74. The molecule has 1 saturated heterocycles. The van der Waals surface area contributed by atoms with Crippen LogP contribution in [0.25, 0.3) is 0 Å². The zero-order valence-electron chi connectivity index (χ0n) is 14.3. The molecule has 2 aromatic carbocycles. The van der Waals surface area contributed by atoms with E-state index in [1.54, 1.807) is 23.1 Å². The van der Waals surface area contributed by atoms with Gasteiger partial charge in [0.15, 0.2) is 0 Å². The molecule has 0 radical (unpaired) electrons. The summed E-state index contributed by atoms with van der Waals surface area (Å²) in [4.78, 5) is 13.4. The van der Waals surface area contributed by atoms with Gasteiger partial charge in [0, 0.05) is 6.54 Å². The first kappa shape index (κ1) is 18.5. The summed E-state index contributed by atoms with van der Waals surface area (Å²) < 4.78 is 40.9. The van der Waals surface area contributed by atoms with Gasteiger partial charge in [0.1, 0.15) is 6.04 Å². The number of likely N-dealkylation sites (tertiary alicyclic amines) is 1. The molecule has 1 N–H and O–H groups in total. The molecule has 0 aromatic heterocycles. The quantitative estimate of drug-likeness (QED) is 0.859. The third kappa shape index (κ3) is 3.46. The second-order valence-electron chi connectivity index (χ2n) is 6.58. The molecule has 1 aliphatic rings. The first-order chi connectivity index (χ1) is 12.3. The molecule has 0 amide bonds. The third-order valence-corrected chi connectivity index (χ3v) is 4.95. The first-order valence-electron chi connectivity index (χ1n) is 8.51. The first-order valence-corrected chi connectivity index (χ1v) is 8.51. The predicted octanol–water partition coefficient (Wildman–Crippen LogP) is 4.65. The molecule has 0 spiro atoms. The number of hydrogen-bond donors (Lipinski definition) is 1. The molecule has 6 heteroatoms. The van der Waals surface area contributed by atoms with Crippen LogP contribution in [0.3, 0.4) is 0 Å². The normalized spacial score (nSPS) is 19.5. The van der Waals surface area contributed by atoms with Gasteiger partial charge in [-0.25, -0.2) is 0 Å². The number of carboxylic acids is 1. The Labute approximate surface area is 150 Å². The summed E-state index contributed by atoms with van der Waals surface area (Å²) in [5.41, 5.74) is 0.926. The Morgan fingerprint density at radius 1 is 1.12 bits per heavy atom. The number of benzene rings is 2. The van der Waals surface area contributed by atoms with Crippen molar-refractivity contribution in [2.45, 2.75) is 38.0 Å². The van der Waals surface area contributed by atoms with Crippen LogP contribution < -0.4 is 0 Å². The highest BCUT2D eigenvalue weighted by Crippen LogP contribution is 2.42. The molecule has 0 bridgehead atoms. The number of hydrogen-bond acceptors (Lipinski definition) is 2. The van der Waals surface area contributed by atoms with Crippen molar-refractivity contribution in [1.29, 1.82) is 0 Å². The molecule has 1 fully saturated rings. The second kappa shape index (κ2) is 7.11. The van der Waals surface area contributed by atoms with Gasteiger partial charge in [0.2, 0.25) is 0 Å². The number of alkyl halides is 3. The summed E-state index contributed by atoms with van der Waals surface area (Å²) >= 11 is 0. The Bertz CT molecular complexity index is 804. The highest BCUT2D eigenvalue weighted by atomic mass is 19.4. The molecular weight excluding hydrogens is 343 g/mol. The van der Waals surface area contributed by atoms with Gasteiger partial charge < -0.3 is 5.11 Å². The fraction of sp³-hybridized carbons (Fsp3) is 0.350. The molecule has 138 valence electrons. The second-order valence-corrected chi connectivity index (χ2v) is 6.58. The van der Waals surface area contributed by atoms with Crippen LogP contribution in [0.15, 0.2) is 48.5 Å². The SMILES string of the molecule is Cc1ccccc1C(c1ccccc1C(F)(F)F)N1CCCC1C(=O)O. The minimum absolute atomic E-state index is 0.0995. The van der Waals surface area contributed by atoms with Crippen molar-refractivity contribution < 1.29 is 23.1 Å². The fourth-order valence-electron chi connectivity index (χ4n) is 3.78. The summed E-state index contributed by atoms with van der Waals surface area (Å²) in [6.07, 6.45) is -3.42. The molecule has 1 aliphatic heterocycles. The van der Waals surface area contributed by atoms with Crippen molar-refractivity contribution >= 4 is 5.97 Å². The fourth-order valence-corrected chi connectivity index (χ4v) is 3.78. The Morgan fingerprint density at radius 2 is 1.73 bits per heavy atom. The van der Waals surface area contributed by atoms with Crippen LogP contribution in [0.1, 0.15) is 41.1 Å². The minimum Gasteiger partial charge on any atom is -0.480 e. The lowest BCUT2D eigenvalue weighted by Crippen LogP contribution is -2.40. The summed E-state index contributed by atoms with van der Waals surface area (Å²) in [5, 5.41) is 9.56. The van der Waals surface area contributed by atoms with E-state index in [1.165, 1.54) is 12.1 Å². The molecule has 2 atom stereocenters. The average molecular weight is 363 g/mol. The Hall–Kier alpha value is -2.34. The predicted molar refractivity (Wildman–Crippen MR) is 91.8 cm³/mol. The van der Waals surface area contributed by atoms with Gasteiger partial charge >= 0.3 is 12.1 Å². The van der Waals surface area contributed by atoms with Crippen molar-refractivity contribution in [3.05, 3.63) is 70.8 Å². The van der Waals surface area contributed by atoms with Gasteiger partial charge in [-0.15, -0.1) is 0 Å². The standard InChI is InChI=1S/C20H20F3NO2/c1-13-7-2-3-8-14(13)18(24-12-6-11-17(24)19(25)26)15-9-4-5-10-16(15)20(21,22)23/h2-5,7-10,17-18H,6,11-12H2,1H3,(H,25,26). The molecule has 0 saturated carbocycles. The van der Waals surface area contributed by atoms with E-state index in [9.17, 15) is 23.1 Å². The largest absolute Gasteiger partial charge is 0.480 e. The molecule has 2 unspecified atom stereocenters. The number of nitrogens with zero attached hydrogens (tertiary/aromatic N) is 1. The number of carbonyl (C=O) groups is 1. The molecule has 1 heterocycles. The average Bonchev–Trinajstić information content (AvgIpc) is 3.06. The summed E-state index contributed by atoms with van der Waals surface area (Å²) in [6, 6.07) is 11.1. The summed E-state index contributed by atoms with van der Waals surface area (Å²) in [7, 11) is 0. The number of halogens is 3. The van der Waals surface area contributed by atoms with E-state index in [0.29, 0.717) is 24.9 Å². The van der Waals surface area contributed by atoms with Crippen LogP contribution >= 0.6 is 0 Å². The van der Waals surface area contributed by atoms with Gasteiger partial charge in [-0.2, -0.15) is 13.2 Å². The van der Waals surface area contributed by atoms with E-state index in [0.717, 1.165) is 11.6 Å². The van der Waals surface area contributed by atoms with Gasteiger partial charge in [-0.05, 0) is 42.5 Å². The highest BCUT2D eigenvalue weighted by Gasteiger charge is 2.41. The summed E-state index contributed by atoms with van der Waals surface area (Å²) in [5.74, 6) is -0.995. The molecule has 26 heavy (non-hydrogen) atoms. The van der Waals surface area contributed by atoms with Crippen LogP contribution in [-0.2, 0) is 11.0 Å². The maximum atomic E-state index is 13.6. The Kier molecular flexibility index (Phi) is 5.05. The molecular formula is C20H20F3NO2. The Morgan fingerprint density at radius 3 is 2.35 bits per heavy atom. The van der Waals surface area contributed by atoms with E-state index < -0.39 is 29.8 Å². The van der Waals surface area contributed by atoms with Gasteiger partial charge in [0.25, 0.3) is 0 Å². The maximum Gasteiger partial charge on any atom is 0.416 e. The molecule has 3 rings (SSSR count). The number of rotatable bonds is 4. The van der Waals surface area contributed by atoms with Crippen LogP contribution in [0.2, 0.25) is 0 Å². The van der Waals surface area contributed by atoms with Crippen LogP contribution in [0.5, 0.6) is 0 Å². The van der Waals surface area contributed by atoms with Crippen molar-refractivity contribution in [1.82, 2.24) is 4.90 Å². The van der Waals surface area contributed by atoms with E-state index in [1.807, 2.05) is 19.1 Å². The minimum atomic E-state index is -4.50. The van der Waals surface area contributed by atoms with Crippen LogP contribution in [0, 0.1) is 6.92 Å².